The Hall–Kier alpha value is 1.57. The summed E-state index contributed by atoms with van der Waals surface area (Å²) in [4.78, 5) is 0. The van der Waals surface area contributed by atoms with Gasteiger partial charge < -0.3 is 0 Å². The van der Waals surface area contributed by atoms with Crippen LogP contribution in [0.4, 0.5) is 0 Å². The van der Waals surface area contributed by atoms with Crippen LogP contribution in [-0.4, -0.2) is 6.61 Å². The van der Waals surface area contributed by atoms with Gasteiger partial charge in [0.05, 0.1) is 6.61 Å². The Morgan fingerprint density at radius 1 is 1.15 bits per heavy atom. The first-order valence-electron chi connectivity index (χ1n) is 4.03. The monoisotopic (exact) mass is 434 g/mol. The SMILES string of the molecule is CCCCCCOP(=O)(OI)OI. The van der Waals surface area contributed by atoms with Crippen LogP contribution in [0.25, 0.3) is 0 Å². The minimum atomic E-state index is -3.26. The van der Waals surface area contributed by atoms with E-state index in [1.165, 1.54) is 58.9 Å². The molecule has 0 aliphatic heterocycles. The number of hydrogen-bond donors (Lipinski definition) is 0. The van der Waals surface area contributed by atoms with E-state index in [1.54, 1.807) is 0 Å². The molecule has 0 heterocycles. The first-order chi connectivity index (χ1) is 6.18. The highest BCUT2D eigenvalue weighted by molar-refractivity contribution is 14.1. The van der Waals surface area contributed by atoms with Crippen molar-refractivity contribution in [3.8, 4) is 0 Å². The zero-order valence-corrected chi connectivity index (χ0v) is 12.6. The third-order valence-corrected chi connectivity index (χ3v) is 5.15. The van der Waals surface area contributed by atoms with Crippen LogP contribution in [0.2, 0.25) is 0 Å². The number of unbranched alkanes of at least 4 members (excludes halogenated alkanes) is 3. The minimum absolute atomic E-state index is 0.420. The standard InChI is InChI=1S/C6H13I2O4P/c1-2-3-4-5-6-10-13(9,11-7)12-8/h2-6H2,1H3. The van der Waals surface area contributed by atoms with Crippen LogP contribution in [-0.2, 0) is 14.8 Å². The third kappa shape index (κ3) is 7.49. The highest BCUT2D eigenvalue weighted by atomic mass is 127. The lowest BCUT2D eigenvalue weighted by Gasteiger charge is -2.09. The summed E-state index contributed by atoms with van der Waals surface area (Å²) in [5, 5.41) is 0. The van der Waals surface area contributed by atoms with Gasteiger partial charge in [-0.05, 0) is 6.42 Å². The molecule has 0 bridgehead atoms. The first-order valence-corrected chi connectivity index (χ1v) is 7.26. The van der Waals surface area contributed by atoms with Gasteiger partial charge in [-0.2, -0.15) is 0 Å². The molecule has 0 fully saturated rings. The van der Waals surface area contributed by atoms with Gasteiger partial charge in [0.1, 0.15) is 46.0 Å². The minimum Gasteiger partial charge on any atom is -0.286 e. The highest BCUT2D eigenvalue weighted by Crippen LogP contribution is 2.53. The number of phosphoric acid groups is 1. The number of halogens is 2. The van der Waals surface area contributed by atoms with Crippen molar-refractivity contribution >= 4 is 53.8 Å². The molecule has 4 nitrogen and oxygen atoms in total. The van der Waals surface area contributed by atoms with Gasteiger partial charge in [-0.25, -0.2) is 10.3 Å². The van der Waals surface area contributed by atoms with E-state index in [-0.39, 0.29) is 0 Å². The zero-order chi connectivity index (χ0) is 10.2. The Labute approximate surface area is 107 Å². The molecule has 0 aliphatic rings. The molecule has 0 aromatic carbocycles. The number of hydrogen-bond acceptors (Lipinski definition) is 4. The predicted octanol–water partition coefficient (Wildman–Crippen LogP) is 4.42. The van der Waals surface area contributed by atoms with Gasteiger partial charge in [0.15, 0.2) is 0 Å². The Kier molecular flexibility index (Phi) is 9.91. The van der Waals surface area contributed by atoms with E-state index >= 15 is 0 Å². The van der Waals surface area contributed by atoms with Crippen molar-refractivity contribution in [3.05, 3.63) is 0 Å². The molecule has 0 saturated carbocycles. The fourth-order valence-corrected chi connectivity index (χ4v) is 3.30. The van der Waals surface area contributed by atoms with Crippen molar-refractivity contribution in [2.24, 2.45) is 0 Å². The van der Waals surface area contributed by atoms with Crippen molar-refractivity contribution in [1.29, 1.82) is 0 Å². The molecule has 0 radical (unpaired) electrons. The largest absolute Gasteiger partial charge is 0.493 e. The van der Waals surface area contributed by atoms with Crippen molar-refractivity contribution in [1.82, 2.24) is 0 Å². The highest BCUT2D eigenvalue weighted by Gasteiger charge is 2.24. The van der Waals surface area contributed by atoms with E-state index in [0.717, 1.165) is 12.8 Å². The van der Waals surface area contributed by atoms with Crippen LogP contribution < -0.4 is 0 Å². The van der Waals surface area contributed by atoms with Crippen LogP contribution in [0.3, 0.4) is 0 Å². The third-order valence-electron chi connectivity index (χ3n) is 1.42. The van der Waals surface area contributed by atoms with Gasteiger partial charge in [-0.1, -0.05) is 26.2 Å². The van der Waals surface area contributed by atoms with E-state index in [2.05, 4.69) is 12.6 Å². The van der Waals surface area contributed by atoms with E-state index in [4.69, 9.17) is 4.52 Å². The van der Waals surface area contributed by atoms with Crippen LogP contribution in [0.1, 0.15) is 32.6 Å². The van der Waals surface area contributed by atoms with Gasteiger partial charge in [-0.15, -0.1) is 0 Å². The molecule has 0 aliphatic carbocycles. The Bertz CT molecular complexity index is 159. The number of rotatable bonds is 8. The predicted molar refractivity (Wildman–Crippen MR) is 67.9 cm³/mol. The van der Waals surface area contributed by atoms with Crippen molar-refractivity contribution in [3.63, 3.8) is 0 Å². The van der Waals surface area contributed by atoms with Crippen molar-refractivity contribution in [2.75, 3.05) is 6.61 Å². The average Bonchev–Trinajstić information content (AvgIpc) is 2.17. The maximum absolute atomic E-state index is 11.3. The average molecular weight is 434 g/mol. The molecular formula is C6H13I2O4P. The zero-order valence-electron chi connectivity index (χ0n) is 7.37. The van der Waals surface area contributed by atoms with Gasteiger partial charge in [0, 0.05) is 0 Å². The van der Waals surface area contributed by atoms with Gasteiger partial charge >= 0.3 is 7.82 Å². The van der Waals surface area contributed by atoms with Crippen molar-refractivity contribution < 1.29 is 14.8 Å². The van der Waals surface area contributed by atoms with E-state index in [1.807, 2.05) is 0 Å². The molecule has 0 unspecified atom stereocenters. The molecule has 0 aromatic heterocycles. The van der Waals surface area contributed by atoms with Crippen LogP contribution in [0.15, 0.2) is 0 Å². The fraction of sp³-hybridized carbons (Fsp3) is 1.00. The quantitative estimate of drug-likeness (QED) is 0.323. The maximum Gasteiger partial charge on any atom is 0.493 e. The lowest BCUT2D eigenvalue weighted by Crippen LogP contribution is -1.93. The summed E-state index contributed by atoms with van der Waals surface area (Å²) in [5.41, 5.74) is 0. The smallest absolute Gasteiger partial charge is 0.286 e. The first kappa shape index (κ1) is 14.6. The molecule has 7 heteroatoms. The Balaban J connectivity index is 3.45. The molecule has 0 rings (SSSR count). The molecule has 80 valence electrons. The maximum atomic E-state index is 11.3. The van der Waals surface area contributed by atoms with Gasteiger partial charge in [0.2, 0.25) is 0 Å². The second-order valence-electron chi connectivity index (χ2n) is 2.48. The van der Waals surface area contributed by atoms with E-state index in [0.29, 0.717) is 6.61 Å². The van der Waals surface area contributed by atoms with Crippen molar-refractivity contribution in [2.45, 2.75) is 32.6 Å². The summed E-state index contributed by atoms with van der Waals surface area (Å²) in [7, 11) is -3.26. The molecular weight excluding hydrogens is 421 g/mol. The summed E-state index contributed by atoms with van der Waals surface area (Å²) >= 11 is 3.03. The summed E-state index contributed by atoms with van der Waals surface area (Å²) < 4.78 is 25.4. The second kappa shape index (κ2) is 8.84. The molecule has 0 N–H and O–H groups in total. The summed E-state index contributed by atoms with van der Waals surface area (Å²) in [5.74, 6) is 0. The van der Waals surface area contributed by atoms with E-state index in [9.17, 15) is 4.57 Å². The molecule has 0 saturated heterocycles. The Morgan fingerprint density at radius 2 is 1.77 bits per heavy atom. The van der Waals surface area contributed by atoms with Crippen LogP contribution in [0.5, 0.6) is 0 Å². The summed E-state index contributed by atoms with van der Waals surface area (Å²) in [6.07, 6.45) is 4.31. The van der Waals surface area contributed by atoms with Gasteiger partial charge in [-0.3, -0.25) is 4.52 Å². The molecule has 13 heavy (non-hydrogen) atoms. The molecule has 0 spiro atoms. The molecule has 0 atom stereocenters. The lowest BCUT2D eigenvalue weighted by molar-refractivity contribution is 0.235. The normalized spacial score (nSPS) is 11.9. The molecule has 0 amide bonds. The van der Waals surface area contributed by atoms with Crippen LogP contribution >= 0.6 is 53.8 Å². The topological polar surface area (TPSA) is 44.8 Å². The second-order valence-corrected chi connectivity index (χ2v) is 6.27. The summed E-state index contributed by atoms with van der Waals surface area (Å²) in [6.45, 7) is 2.55. The Morgan fingerprint density at radius 3 is 2.23 bits per heavy atom. The fourth-order valence-electron chi connectivity index (χ4n) is 0.756. The van der Waals surface area contributed by atoms with Gasteiger partial charge in [0.25, 0.3) is 0 Å². The van der Waals surface area contributed by atoms with Crippen LogP contribution in [0, 0.1) is 0 Å². The summed E-state index contributed by atoms with van der Waals surface area (Å²) in [6, 6.07) is 0. The van der Waals surface area contributed by atoms with E-state index < -0.39 is 7.82 Å². The lowest BCUT2D eigenvalue weighted by atomic mass is 10.2. The molecule has 0 aromatic rings.